The Morgan fingerprint density at radius 2 is 1.87 bits per heavy atom. The first kappa shape index (κ1) is 18.1. The molecule has 0 bridgehead atoms. The van der Waals surface area contributed by atoms with Crippen molar-refractivity contribution in [2.45, 2.75) is 52.7 Å². The van der Waals surface area contributed by atoms with Crippen molar-refractivity contribution in [3.8, 4) is 0 Å². The molecule has 0 radical (unpaired) electrons. The lowest BCUT2D eigenvalue weighted by molar-refractivity contribution is 0.190. The van der Waals surface area contributed by atoms with Crippen LogP contribution in [0.5, 0.6) is 0 Å². The molecule has 2 aromatic rings. The number of aryl methyl sites for hydroxylation is 1. The molecule has 0 unspecified atom stereocenters. The minimum Gasteiger partial charge on any atom is -0.329 e. The predicted octanol–water partition coefficient (Wildman–Crippen LogP) is 4.43. The van der Waals surface area contributed by atoms with Gasteiger partial charge in [0.15, 0.2) is 0 Å². The number of amides is 1. The van der Waals surface area contributed by atoms with Gasteiger partial charge in [-0.1, -0.05) is 35.2 Å². The van der Waals surface area contributed by atoms with Gasteiger partial charge in [0.1, 0.15) is 0 Å². The average Bonchev–Trinajstić information content (AvgIpc) is 2.78. The van der Waals surface area contributed by atoms with Gasteiger partial charge in [-0.2, -0.15) is 0 Å². The van der Waals surface area contributed by atoms with Crippen molar-refractivity contribution < 1.29 is 4.79 Å². The molecule has 0 atom stereocenters. The molecule has 0 N–H and O–H groups in total. The molecule has 1 heterocycles. The summed E-state index contributed by atoms with van der Waals surface area (Å²) >= 11 is 2.63. The van der Waals surface area contributed by atoms with Crippen LogP contribution in [0.15, 0.2) is 29.1 Å². The zero-order valence-electron chi connectivity index (χ0n) is 14.1. The van der Waals surface area contributed by atoms with E-state index in [0.717, 1.165) is 22.4 Å². The lowest BCUT2D eigenvalue weighted by Gasteiger charge is -2.30. The quantitative estimate of drug-likeness (QED) is 0.723. The molecule has 6 heteroatoms. The summed E-state index contributed by atoms with van der Waals surface area (Å²) in [6, 6.07) is 8.26. The van der Waals surface area contributed by atoms with Crippen LogP contribution in [0.4, 0.5) is 4.79 Å². The van der Waals surface area contributed by atoms with E-state index in [4.69, 9.17) is 0 Å². The van der Waals surface area contributed by atoms with E-state index in [2.05, 4.69) is 0 Å². The van der Waals surface area contributed by atoms with Crippen molar-refractivity contribution in [1.82, 2.24) is 9.47 Å². The molecule has 1 amide bonds. The number of nitrogens with zero attached hydrogens (tertiary/aromatic N) is 2. The van der Waals surface area contributed by atoms with Gasteiger partial charge in [-0.3, -0.25) is 14.2 Å². The number of hydrogen-bond donors (Lipinski definition) is 0. The Bertz CT molecular complexity index is 711. The van der Waals surface area contributed by atoms with Crippen molar-refractivity contribution in [2.24, 2.45) is 0 Å². The van der Waals surface area contributed by atoms with Crippen LogP contribution >= 0.6 is 23.1 Å². The number of aromatic nitrogens is 1. The van der Waals surface area contributed by atoms with Gasteiger partial charge in [-0.15, -0.1) is 0 Å². The van der Waals surface area contributed by atoms with Gasteiger partial charge >= 0.3 is 4.87 Å². The maximum atomic E-state index is 12.3. The van der Waals surface area contributed by atoms with Crippen molar-refractivity contribution in [3.63, 3.8) is 0 Å². The van der Waals surface area contributed by atoms with E-state index < -0.39 is 0 Å². The van der Waals surface area contributed by atoms with Crippen molar-refractivity contribution >= 4 is 38.6 Å². The lowest BCUT2D eigenvalue weighted by Crippen LogP contribution is -2.39. The monoisotopic (exact) mass is 352 g/mol. The molecule has 0 aliphatic heterocycles. The summed E-state index contributed by atoms with van der Waals surface area (Å²) in [6.07, 6.45) is 0.807. The summed E-state index contributed by atoms with van der Waals surface area (Å²) in [6.45, 7) is 8.81. The first-order valence-corrected chi connectivity index (χ1v) is 9.75. The van der Waals surface area contributed by atoms with Crippen LogP contribution in [-0.4, -0.2) is 32.5 Å². The number of carbonyl (C=O) groups excluding carboxylic acids is 1. The molecule has 23 heavy (non-hydrogen) atoms. The Labute approximate surface area is 145 Å². The fraction of sp³-hybridized carbons (Fsp3) is 0.529. The Morgan fingerprint density at radius 1 is 1.22 bits per heavy atom. The number of para-hydroxylation sites is 1. The largest absolute Gasteiger partial charge is 0.329 e. The van der Waals surface area contributed by atoms with Crippen LogP contribution < -0.4 is 4.87 Å². The highest BCUT2D eigenvalue weighted by Gasteiger charge is 2.20. The molecular formula is C17H24N2O2S2. The topological polar surface area (TPSA) is 42.3 Å². The minimum atomic E-state index is 0.0773. The van der Waals surface area contributed by atoms with E-state index in [-0.39, 0.29) is 22.2 Å². The van der Waals surface area contributed by atoms with E-state index in [1.54, 1.807) is 0 Å². The second-order valence-corrected chi connectivity index (χ2v) is 8.09. The first-order valence-electron chi connectivity index (χ1n) is 7.95. The molecule has 0 aliphatic carbocycles. The molecule has 1 aromatic heterocycles. The van der Waals surface area contributed by atoms with Crippen molar-refractivity contribution in [1.29, 1.82) is 0 Å². The molecular weight excluding hydrogens is 328 g/mol. The van der Waals surface area contributed by atoms with E-state index in [1.165, 1.54) is 23.1 Å². The summed E-state index contributed by atoms with van der Waals surface area (Å²) < 4.78 is 2.83. The van der Waals surface area contributed by atoms with E-state index in [0.29, 0.717) is 6.54 Å². The maximum Gasteiger partial charge on any atom is 0.308 e. The smallest absolute Gasteiger partial charge is 0.308 e. The molecule has 2 rings (SSSR count). The third-order valence-corrected chi connectivity index (χ3v) is 5.56. The van der Waals surface area contributed by atoms with Crippen molar-refractivity contribution in [3.05, 3.63) is 33.9 Å². The van der Waals surface area contributed by atoms with Gasteiger partial charge in [-0.05, 0) is 46.2 Å². The van der Waals surface area contributed by atoms with Crippen LogP contribution in [0, 0.1) is 0 Å². The molecule has 1 aromatic carbocycles. The van der Waals surface area contributed by atoms with Gasteiger partial charge in [0.25, 0.3) is 5.24 Å². The Balaban J connectivity index is 1.91. The Kier molecular flexibility index (Phi) is 6.30. The van der Waals surface area contributed by atoms with E-state index >= 15 is 0 Å². The number of thiazole rings is 1. The maximum absolute atomic E-state index is 12.3. The highest BCUT2D eigenvalue weighted by Crippen LogP contribution is 2.19. The average molecular weight is 353 g/mol. The number of carbonyl (C=O) groups is 1. The fourth-order valence-electron chi connectivity index (χ4n) is 2.70. The van der Waals surface area contributed by atoms with Crippen LogP contribution in [0.25, 0.3) is 10.2 Å². The number of rotatable bonds is 6. The van der Waals surface area contributed by atoms with Crippen LogP contribution in [0.3, 0.4) is 0 Å². The van der Waals surface area contributed by atoms with E-state index in [1.807, 2.05) is 61.4 Å². The molecule has 0 spiro atoms. The zero-order chi connectivity index (χ0) is 17.0. The molecule has 4 nitrogen and oxygen atoms in total. The Morgan fingerprint density at radius 3 is 2.52 bits per heavy atom. The number of benzene rings is 1. The summed E-state index contributed by atoms with van der Waals surface area (Å²) in [5, 5.41) is 0.123. The van der Waals surface area contributed by atoms with Crippen LogP contribution in [0.1, 0.15) is 34.1 Å². The predicted molar refractivity (Wildman–Crippen MR) is 101 cm³/mol. The summed E-state index contributed by atoms with van der Waals surface area (Å²) in [5.41, 5.74) is 0.991. The summed E-state index contributed by atoms with van der Waals surface area (Å²) in [4.78, 5) is 26.3. The third kappa shape index (κ3) is 4.38. The molecule has 0 saturated carbocycles. The first-order chi connectivity index (χ1) is 10.9. The number of thioether (sulfide) groups is 1. The fourth-order valence-corrected chi connectivity index (χ4v) is 4.64. The summed E-state index contributed by atoms with van der Waals surface area (Å²) in [5.74, 6) is 0.728. The van der Waals surface area contributed by atoms with Gasteiger partial charge < -0.3 is 4.90 Å². The number of hydrogen-bond acceptors (Lipinski definition) is 4. The molecule has 0 saturated heterocycles. The SMILES string of the molecule is CC(C)N(C(=O)SCCCn1c(=O)sc2ccccc21)C(C)C. The third-order valence-electron chi connectivity index (χ3n) is 3.65. The molecule has 0 aliphatic rings. The standard InChI is InChI=1S/C17H24N2O2S2/c1-12(2)19(13(3)4)17(21)22-11-7-10-18-14-8-5-6-9-15(14)23-16(18)20/h5-6,8-9,12-13H,7,10-11H2,1-4H3. The second kappa shape index (κ2) is 8.02. The minimum absolute atomic E-state index is 0.0773. The lowest BCUT2D eigenvalue weighted by atomic mass is 10.2. The highest BCUT2D eigenvalue weighted by molar-refractivity contribution is 8.13. The Hall–Kier alpha value is -1.27. The van der Waals surface area contributed by atoms with Gasteiger partial charge in [0.2, 0.25) is 0 Å². The molecule has 126 valence electrons. The summed E-state index contributed by atoms with van der Waals surface area (Å²) in [7, 11) is 0. The molecule has 0 fully saturated rings. The van der Waals surface area contributed by atoms with E-state index in [9.17, 15) is 9.59 Å². The van der Waals surface area contributed by atoms with Crippen LogP contribution in [0.2, 0.25) is 0 Å². The highest BCUT2D eigenvalue weighted by atomic mass is 32.2. The van der Waals surface area contributed by atoms with Gasteiger partial charge in [0, 0.05) is 24.4 Å². The van der Waals surface area contributed by atoms with Crippen LogP contribution in [-0.2, 0) is 6.54 Å². The number of fused-ring (bicyclic) bond motifs is 1. The van der Waals surface area contributed by atoms with Gasteiger partial charge in [0.05, 0.1) is 10.2 Å². The zero-order valence-corrected chi connectivity index (χ0v) is 15.7. The van der Waals surface area contributed by atoms with Crippen molar-refractivity contribution in [2.75, 3.05) is 5.75 Å². The second-order valence-electron chi connectivity index (χ2n) is 6.05. The normalized spacial score (nSPS) is 11.6. The van der Waals surface area contributed by atoms with Gasteiger partial charge in [-0.25, -0.2) is 0 Å².